The lowest BCUT2D eigenvalue weighted by Gasteiger charge is -2.23. The van der Waals surface area contributed by atoms with Crippen LogP contribution in [0.5, 0.6) is 0 Å². The number of anilines is 1. The van der Waals surface area contributed by atoms with E-state index in [2.05, 4.69) is 5.32 Å². The summed E-state index contributed by atoms with van der Waals surface area (Å²) < 4.78 is 0. The highest BCUT2D eigenvalue weighted by molar-refractivity contribution is 5.96. The number of rotatable bonds is 3. The van der Waals surface area contributed by atoms with Crippen molar-refractivity contribution < 1.29 is 9.59 Å². The average molecular weight is 263 g/mol. The second kappa shape index (κ2) is 5.73. The first-order valence-electron chi connectivity index (χ1n) is 6.11. The van der Waals surface area contributed by atoms with Crippen molar-refractivity contribution in [2.45, 2.75) is 26.3 Å². The minimum absolute atomic E-state index is 0.0283. The maximum absolute atomic E-state index is 12.1. The van der Waals surface area contributed by atoms with Gasteiger partial charge in [-0.3, -0.25) is 9.59 Å². The number of carbonyl (C=O) groups is 2. The summed E-state index contributed by atoms with van der Waals surface area (Å²) >= 11 is 0. The van der Waals surface area contributed by atoms with Crippen molar-refractivity contribution in [1.82, 2.24) is 10.2 Å². The van der Waals surface area contributed by atoms with Crippen LogP contribution in [0.2, 0.25) is 0 Å². The van der Waals surface area contributed by atoms with Gasteiger partial charge >= 0.3 is 0 Å². The van der Waals surface area contributed by atoms with Crippen LogP contribution in [0.15, 0.2) is 24.3 Å². The molecule has 5 heteroatoms. The molecule has 0 saturated carbocycles. The summed E-state index contributed by atoms with van der Waals surface area (Å²) in [5, 5.41) is 2.81. The van der Waals surface area contributed by atoms with Crippen LogP contribution in [-0.2, 0) is 4.79 Å². The minimum atomic E-state index is -0.303. The number of nitrogens with two attached hydrogens (primary N) is 1. The zero-order chi connectivity index (χ0) is 14.6. The fraction of sp³-hybridized carbons (Fsp3) is 0.429. The number of likely N-dealkylation sites (N-methyl/N-ethyl adjacent to an activating group) is 1. The smallest absolute Gasteiger partial charge is 0.254 e. The number of benzene rings is 1. The summed E-state index contributed by atoms with van der Waals surface area (Å²) in [6.07, 6.45) is 0. The molecule has 2 amide bonds. The molecule has 0 spiro atoms. The summed E-state index contributed by atoms with van der Waals surface area (Å²) in [4.78, 5) is 25.2. The van der Waals surface area contributed by atoms with Crippen molar-refractivity contribution in [3.8, 4) is 0 Å². The molecular weight excluding hydrogens is 242 g/mol. The van der Waals surface area contributed by atoms with E-state index in [1.54, 1.807) is 31.3 Å². The van der Waals surface area contributed by atoms with Gasteiger partial charge in [0.15, 0.2) is 0 Å². The van der Waals surface area contributed by atoms with Crippen molar-refractivity contribution in [3.63, 3.8) is 0 Å². The average Bonchev–Trinajstić information content (AvgIpc) is 2.26. The Morgan fingerprint density at radius 2 is 1.74 bits per heavy atom. The van der Waals surface area contributed by atoms with E-state index < -0.39 is 0 Å². The Kier molecular flexibility index (Phi) is 4.53. The Hall–Kier alpha value is -2.04. The van der Waals surface area contributed by atoms with E-state index in [0.29, 0.717) is 11.3 Å². The van der Waals surface area contributed by atoms with Crippen LogP contribution in [0.3, 0.4) is 0 Å². The normalized spacial score (nSPS) is 10.9. The Balaban J connectivity index is 2.63. The molecule has 5 nitrogen and oxygen atoms in total. The van der Waals surface area contributed by atoms with E-state index in [1.165, 1.54) is 4.90 Å². The number of amides is 2. The standard InChI is InChI=1S/C14H21N3O2/c1-14(2,3)16-12(18)9-17(4)13(19)10-5-7-11(15)8-6-10/h5-8H,9,15H2,1-4H3,(H,16,18). The summed E-state index contributed by atoms with van der Waals surface area (Å²) in [5.74, 6) is -0.386. The quantitative estimate of drug-likeness (QED) is 0.806. The van der Waals surface area contributed by atoms with Crippen LogP contribution in [0.4, 0.5) is 5.69 Å². The predicted octanol–water partition coefficient (Wildman–Crippen LogP) is 1.26. The third kappa shape index (κ3) is 4.99. The highest BCUT2D eigenvalue weighted by Crippen LogP contribution is 2.08. The van der Waals surface area contributed by atoms with Crippen molar-refractivity contribution in [2.24, 2.45) is 0 Å². The number of nitrogens with one attached hydrogen (secondary N) is 1. The molecule has 0 heterocycles. The van der Waals surface area contributed by atoms with Crippen LogP contribution < -0.4 is 11.1 Å². The van der Waals surface area contributed by atoms with Crippen LogP contribution in [0.1, 0.15) is 31.1 Å². The molecule has 0 bridgehead atoms. The maximum atomic E-state index is 12.1. The first kappa shape index (κ1) is 15.0. The molecule has 0 aliphatic heterocycles. The van der Waals surface area contributed by atoms with E-state index in [0.717, 1.165) is 0 Å². The van der Waals surface area contributed by atoms with E-state index in [-0.39, 0.29) is 23.9 Å². The Morgan fingerprint density at radius 1 is 1.21 bits per heavy atom. The second-order valence-electron chi connectivity index (χ2n) is 5.58. The summed E-state index contributed by atoms with van der Waals surface area (Å²) in [7, 11) is 1.60. The highest BCUT2D eigenvalue weighted by Gasteiger charge is 2.18. The topological polar surface area (TPSA) is 75.4 Å². The third-order valence-corrected chi connectivity index (χ3v) is 2.40. The molecule has 0 saturated heterocycles. The summed E-state index contributed by atoms with van der Waals surface area (Å²) in [6.45, 7) is 5.71. The lowest BCUT2D eigenvalue weighted by atomic mass is 10.1. The number of carbonyl (C=O) groups excluding carboxylic acids is 2. The second-order valence-corrected chi connectivity index (χ2v) is 5.58. The molecular formula is C14H21N3O2. The fourth-order valence-corrected chi connectivity index (χ4v) is 1.59. The van der Waals surface area contributed by atoms with Gasteiger partial charge in [0, 0.05) is 23.8 Å². The molecule has 0 aliphatic carbocycles. The molecule has 1 rings (SSSR count). The van der Waals surface area contributed by atoms with Gasteiger partial charge in [-0.15, -0.1) is 0 Å². The van der Waals surface area contributed by atoms with E-state index >= 15 is 0 Å². The van der Waals surface area contributed by atoms with Crippen LogP contribution in [0.25, 0.3) is 0 Å². The van der Waals surface area contributed by atoms with Gasteiger partial charge < -0.3 is 16.0 Å². The Labute approximate surface area is 113 Å². The maximum Gasteiger partial charge on any atom is 0.254 e. The molecule has 104 valence electrons. The molecule has 1 aromatic carbocycles. The largest absolute Gasteiger partial charge is 0.399 e. The molecule has 1 aromatic rings. The lowest BCUT2D eigenvalue weighted by Crippen LogP contribution is -2.46. The van der Waals surface area contributed by atoms with Gasteiger partial charge in [-0.1, -0.05) is 0 Å². The zero-order valence-corrected chi connectivity index (χ0v) is 11.9. The molecule has 3 N–H and O–H groups in total. The molecule has 19 heavy (non-hydrogen) atoms. The SMILES string of the molecule is CN(CC(=O)NC(C)(C)C)C(=O)c1ccc(N)cc1. The van der Waals surface area contributed by atoms with Gasteiger partial charge in [0.25, 0.3) is 5.91 Å². The number of hydrogen-bond donors (Lipinski definition) is 2. The third-order valence-electron chi connectivity index (χ3n) is 2.40. The molecule has 0 unspecified atom stereocenters. The lowest BCUT2D eigenvalue weighted by molar-refractivity contribution is -0.122. The van der Waals surface area contributed by atoms with Crippen molar-refractivity contribution in [2.75, 3.05) is 19.3 Å². The van der Waals surface area contributed by atoms with Gasteiger partial charge in [-0.25, -0.2) is 0 Å². The number of nitrogen functional groups attached to an aromatic ring is 1. The fourth-order valence-electron chi connectivity index (χ4n) is 1.59. The van der Waals surface area contributed by atoms with Gasteiger partial charge in [0.1, 0.15) is 0 Å². The molecule has 0 aromatic heterocycles. The van der Waals surface area contributed by atoms with Crippen LogP contribution in [-0.4, -0.2) is 35.8 Å². The summed E-state index contributed by atoms with van der Waals surface area (Å²) in [6, 6.07) is 6.62. The van der Waals surface area contributed by atoms with Gasteiger partial charge in [0.05, 0.1) is 6.54 Å². The van der Waals surface area contributed by atoms with E-state index in [1.807, 2.05) is 20.8 Å². The molecule has 0 radical (unpaired) electrons. The molecule has 0 aliphatic rings. The highest BCUT2D eigenvalue weighted by atomic mass is 16.2. The monoisotopic (exact) mass is 263 g/mol. The van der Waals surface area contributed by atoms with Crippen molar-refractivity contribution >= 4 is 17.5 Å². The molecule has 0 atom stereocenters. The number of hydrogen-bond acceptors (Lipinski definition) is 3. The minimum Gasteiger partial charge on any atom is -0.399 e. The Morgan fingerprint density at radius 3 is 2.21 bits per heavy atom. The number of nitrogens with zero attached hydrogens (tertiary/aromatic N) is 1. The van der Waals surface area contributed by atoms with Crippen LogP contribution >= 0.6 is 0 Å². The summed E-state index contributed by atoms with van der Waals surface area (Å²) in [5.41, 5.74) is 6.38. The predicted molar refractivity (Wildman–Crippen MR) is 75.7 cm³/mol. The zero-order valence-electron chi connectivity index (χ0n) is 11.9. The molecule has 0 fully saturated rings. The first-order chi connectivity index (χ1) is 8.69. The van der Waals surface area contributed by atoms with Crippen molar-refractivity contribution in [3.05, 3.63) is 29.8 Å². The van der Waals surface area contributed by atoms with Crippen LogP contribution in [0, 0.1) is 0 Å². The Bertz CT molecular complexity index is 461. The van der Waals surface area contributed by atoms with Gasteiger partial charge in [0.2, 0.25) is 5.91 Å². The van der Waals surface area contributed by atoms with Crippen molar-refractivity contribution in [1.29, 1.82) is 0 Å². The first-order valence-corrected chi connectivity index (χ1v) is 6.11. The van der Waals surface area contributed by atoms with Gasteiger partial charge in [-0.2, -0.15) is 0 Å². The van der Waals surface area contributed by atoms with E-state index in [4.69, 9.17) is 5.73 Å². The van der Waals surface area contributed by atoms with Gasteiger partial charge in [-0.05, 0) is 45.0 Å². The van der Waals surface area contributed by atoms with E-state index in [9.17, 15) is 9.59 Å².